The van der Waals surface area contributed by atoms with Crippen molar-refractivity contribution in [2.75, 3.05) is 41.3 Å². The second-order valence-electron chi connectivity index (χ2n) is 11.9. The zero-order valence-electron chi connectivity index (χ0n) is 24.2. The van der Waals surface area contributed by atoms with E-state index >= 15 is 0 Å². The van der Waals surface area contributed by atoms with E-state index in [0.717, 1.165) is 0 Å². The van der Waals surface area contributed by atoms with E-state index < -0.39 is 0 Å². The van der Waals surface area contributed by atoms with Crippen molar-refractivity contribution in [3.05, 3.63) is 71.8 Å². The van der Waals surface area contributed by atoms with Gasteiger partial charge in [0.05, 0.1) is 0 Å². The Morgan fingerprint density at radius 3 is 1.63 bits per heavy atom. The van der Waals surface area contributed by atoms with E-state index in [1.807, 2.05) is 0 Å². The van der Waals surface area contributed by atoms with Crippen LogP contribution in [0.1, 0.15) is 62.5 Å². The highest BCUT2D eigenvalue weighted by atomic mass is 15.0. The van der Waals surface area contributed by atoms with Gasteiger partial charge in [-0.3, -0.25) is 0 Å². The molecule has 0 saturated heterocycles. The van der Waals surface area contributed by atoms with Crippen molar-refractivity contribution >= 4 is 43.1 Å². The van der Waals surface area contributed by atoms with E-state index in [0.29, 0.717) is 0 Å². The third-order valence-corrected chi connectivity index (χ3v) is 8.41. The lowest BCUT2D eigenvalue weighted by molar-refractivity contribution is 0.390. The van der Waals surface area contributed by atoms with Gasteiger partial charge in [-0.15, -0.1) is 0 Å². The maximum Gasteiger partial charge on any atom is -0.00234 e. The third kappa shape index (κ3) is 5.82. The number of rotatable bonds is 14. The molecule has 0 unspecified atom stereocenters. The minimum absolute atomic E-state index is 1.19. The van der Waals surface area contributed by atoms with Crippen LogP contribution in [0.2, 0.25) is 0 Å². The van der Waals surface area contributed by atoms with E-state index in [1.165, 1.54) is 115 Å². The predicted octanol–water partition coefficient (Wildman–Crippen LogP) is 9.07. The maximum atomic E-state index is 2.55. The number of unbranched alkanes of at least 4 members (excludes halogenated alkanes) is 6. The highest BCUT2D eigenvalue weighted by Crippen LogP contribution is 2.43. The maximum absolute atomic E-state index is 2.55. The van der Waals surface area contributed by atoms with Gasteiger partial charge in [-0.2, -0.15) is 0 Å². The Bertz CT molecular complexity index is 1470. The van der Waals surface area contributed by atoms with Gasteiger partial charge in [-0.1, -0.05) is 86.3 Å². The first kappa shape index (κ1) is 26.9. The Kier molecular flexibility index (Phi) is 8.82. The van der Waals surface area contributed by atoms with Crippen LogP contribution in [0.25, 0.3) is 43.1 Å². The Hall–Kier alpha value is -2.68. The van der Waals surface area contributed by atoms with Crippen LogP contribution in [0.15, 0.2) is 60.7 Å². The summed E-state index contributed by atoms with van der Waals surface area (Å²) in [6, 6.07) is 23.3. The fourth-order valence-corrected chi connectivity index (χ4v) is 6.54. The van der Waals surface area contributed by atoms with Crippen molar-refractivity contribution < 1.29 is 0 Å². The average molecular weight is 507 g/mol. The molecule has 0 aliphatic carbocycles. The lowest BCUT2D eigenvalue weighted by Crippen LogP contribution is -2.12. The van der Waals surface area contributed by atoms with Crippen molar-refractivity contribution in [3.8, 4) is 0 Å². The Morgan fingerprint density at radius 2 is 1.00 bits per heavy atom. The summed E-state index contributed by atoms with van der Waals surface area (Å²) in [7, 11) is 8.73. The van der Waals surface area contributed by atoms with E-state index in [1.54, 1.807) is 16.5 Å². The highest BCUT2D eigenvalue weighted by molar-refractivity contribution is 6.33. The number of hydrogen-bond donors (Lipinski definition) is 0. The lowest BCUT2D eigenvalue weighted by Gasteiger charge is -2.20. The molecule has 2 nitrogen and oxygen atoms in total. The molecule has 0 atom stereocenters. The van der Waals surface area contributed by atoms with Gasteiger partial charge in [0.1, 0.15) is 0 Å². The second-order valence-corrected chi connectivity index (χ2v) is 11.9. The van der Waals surface area contributed by atoms with Gasteiger partial charge in [0.2, 0.25) is 0 Å². The molecule has 38 heavy (non-hydrogen) atoms. The van der Waals surface area contributed by atoms with E-state index in [9.17, 15) is 0 Å². The molecule has 0 radical (unpaired) electrons. The van der Waals surface area contributed by atoms with Crippen LogP contribution < -0.4 is 0 Å². The first-order valence-corrected chi connectivity index (χ1v) is 14.9. The van der Waals surface area contributed by atoms with Crippen molar-refractivity contribution in [2.24, 2.45) is 0 Å². The number of fused-ring (bicyclic) bond motifs is 2. The fraction of sp³-hybridized carbons (Fsp3) is 0.444. The summed E-state index contributed by atoms with van der Waals surface area (Å²) in [5.41, 5.74) is 3.23. The summed E-state index contributed by atoms with van der Waals surface area (Å²) in [5, 5.41) is 11.5. The molecule has 0 bridgehead atoms. The summed E-state index contributed by atoms with van der Waals surface area (Å²) < 4.78 is 0. The van der Waals surface area contributed by atoms with E-state index in [4.69, 9.17) is 0 Å². The molecule has 0 spiro atoms. The van der Waals surface area contributed by atoms with Crippen LogP contribution in [-0.2, 0) is 12.8 Å². The third-order valence-electron chi connectivity index (χ3n) is 8.41. The minimum atomic E-state index is 1.19. The van der Waals surface area contributed by atoms with Crippen LogP contribution in [-0.4, -0.2) is 51.1 Å². The van der Waals surface area contributed by atoms with Gasteiger partial charge in [-0.25, -0.2) is 0 Å². The number of benzene rings is 5. The van der Waals surface area contributed by atoms with Crippen molar-refractivity contribution in [1.82, 2.24) is 9.80 Å². The zero-order valence-corrected chi connectivity index (χ0v) is 24.2. The van der Waals surface area contributed by atoms with Crippen LogP contribution in [0.3, 0.4) is 0 Å². The van der Waals surface area contributed by atoms with Gasteiger partial charge in [0, 0.05) is 0 Å². The van der Waals surface area contributed by atoms with Gasteiger partial charge < -0.3 is 9.80 Å². The standard InChI is InChI=1S/C36H46N2/c1-37(2)24-11-7-5-9-16-28-26-29-19-15-22-32-31-21-13-17-27-18-14-23-33(34(27)31)36(35(29)32)30(28)20-10-6-8-12-25-38(3)4/h13-15,17-19,21-23,26H,5-12,16,20,24-25H2,1-4H3. The Morgan fingerprint density at radius 1 is 0.474 bits per heavy atom. The lowest BCUT2D eigenvalue weighted by atomic mass is 9.83. The largest absolute Gasteiger partial charge is 0.309 e. The summed E-state index contributed by atoms with van der Waals surface area (Å²) in [5.74, 6) is 0. The molecule has 5 rings (SSSR count). The van der Waals surface area contributed by atoms with Crippen molar-refractivity contribution in [2.45, 2.75) is 64.2 Å². The molecule has 0 amide bonds. The first-order chi connectivity index (χ1) is 18.5. The molecule has 0 N–H and O–H groups in total. The monoisotopic (exact) mass is 506 g/mol. The molecule has 0 aliphatic rings. The molecule has 5 aromatic carbocycles. The van der Waals surface area contributed by atoms with Crippen LogP contribution >= 0.6 is 0 Å². The molecular formula is C36H46N2. The topological polar surface area (TPSA) is 6.48 Å². The number of aryl methyl sites for hydroxylation is 2. The van der Waals surface area contributed by atoms with E-state index in [2.05, 4.69) is 98.7 Å². The van der Waals surface area contributed by atoms with Gasteiger partial charge in [-0.05, 0) is 134 Å². The summed E-state index contributed by atoms with van der Waals surface area (Å²) in [6.45, 7) is 2.40. The molecule has 0 fully saturated rings. The highest BCUT2D eigenvalue weighted by Gasteiger charge is 2.18. The first-order valence-electron chi connectivity index (χ1n) is 14.9. The summed E-state index contributed by atoms with van der Waals surface area (Å²) in [6.07, 6.45) is 12.9. The smallest absolute Gasteiger partial charge is 0.00234 e. The number of nitrogens with zero attached hydrogens (tertiary/aromatic N) is 2. The molecule has 0 saturated carbocycles. The molecular weight excluding hydrogens is 460 g/mol. The fourth-order valence-electron chi connectivity index (χ4n) is 6.54. The summed E-state index contributed by atoms with van der Waals surface area (Å²) in [4.78, 5) is 4.62. The minimum Gasteiger partial charge on any atom is -0.309 e. The Labute approximate surface area is 229 Å². The van der Waals surface area contributed by atoms with E-state index in [-0.39, 0.29) is 0 Å². The van der Waals surface area contributed by atoms with Crippen molar-refractivity contribution in [3.63, 3.8) is 0 Å². The van der Waals surface area contributed by atoms with Gasteiger partial charge >= 0.3 is 0 Å². The molecule has 200 valence electrons. The van der Waals surface area contributed by atoms with Crippen LogP contribution in [0, 0.1) is 0 Å². The molecule has 0 heterocycles. The molecule has 5 aromatic rings. The van der Waals surface area contributed by atoms with Crippen LogP contribution in [0.4, 0.5) is 0 Å². The average Bonchev–Trinajstić information content (AvgIpc) is 2.91. The van der Waals surface area contributed by atoms with Gasteiger partial charge in [0.15, 0.2) is 0 Å². The molecule has 2 heteroatoms. The van der Waals surface area contributed by atoms with Gasteiger partial charge in [0.25, 0.3) is 0 Å². The summed E-state index contributed by atoms with van der Waals surface area (Å²) >= 11 is 0. The molecule has 0 aliphatic heterocycles. The normalized spacial score (nSPS) is 12.4. The SMILES string of the molecule is CN(C)CCCCCCc1cc2cccc3c4cccc5cccc(c(c1CCCCCCN(C)C)c23)c54. The van der Waals surface area contributed by atoms with Crippen molar-refractivity contribution in [1.29, 1.82) is 0 Å². The second kappa shape index (κ2) is 12.5. The van der Waals surface area contributed by atoms with Crippen LogP contribution in [0.5, 0.6) is 0 Å². The Balaban J connectivity index is 1.54. The quantitative estimate of drug-likeness (QED) is 0.0842. The number of hydrogen-bond acceptors (Lipinski definition) is 2. The zero-order chi connectivity index (χ0) is 26.5. The molecule has 0 aromatic heterocycles. The predicted molar refractivity (Wildman–Crippen MR) is 169 cm³/mol.